The number of benzene rings is 1. The highest BCUT2D eigenvalue weighted by Crippen LogP contribution is 2.13. The number of hydrogen-bond donors (Lipinski definition) is 2. The Labute approximate surface area is 98.5 Å². The molecule has 0 amide bonds. The molecule has 0 saturated carbocycles. The maximum atomic E-state index is 5.62. The van der Waals surface area contributed by atoms with Crippen LogP contribution in [-0.2, 0) is 6.42 Å². The van der Waals surface area contributed by atoms with Crippen molar-refractivity contribution in [3.8, 4) is 0 Å². The van der Waals surface area contributed by atoms with Crippen LogP contribution in [0, 0.1) is 6.92 Å². The van der Waals surface area contributed by atoms with Gasteiger partial charge in [-0.15, -0.1) is 10.2 Å². The molecule has 4 nitrogen and oxygen atoms in total. The number of rotatable bonds is 4. The van der Waals surface area contributed by atoms with Crippen molar-refractivity contribution in [3.63, 3.8) is 0 Å². The molecule has 2 rings (SSSR count). The van der Waals surface area contributed by atoms with Crippen LogP contribution in [0.2, 0.25) is 0 Å². The minimum Gasteiger partial charge on any atom is -0.399 e. The first-order valence-electron chi connectivity index (χ1n) is 5.12. The van der Waals surface area contributed by atoms with Crippen LogP contribution in [0.15, 0.2) is 24.3 Å². The Bertz CT molecular complexity index is 449. The summed E-state index contributed by atoms with van der Waals surface area (Å²) in [6.45, 7) is 2.81. The molecule has 1 heterocycles. The van der Waals surface area contributed by atoms with Crippen LogP contribution >= 0.6 is 11.3 Å². The highest BCUT2D eigenvalue weighted by Gasteiger charge is 1.98. The number of nitrogens with one attached hydrogen (secondary N) is 1. The topological polar surface area (TPSA) is 63.8 Å². The molecule has 0 aliphatic carbocycles. The standard InChI is InChI=1S/C11H14N4S/c1-8-14-15-11(16-8)13-7-6-9-2-4-10(12)5-3-9/h2-5H,6-7,12H2,1H3,(H,13,15). The fourth-order valence-electron chi connectivity index (χ4n) is 1.37. The predicted octanol–water partition coefficient (Wildman–Crippen LogP) is 2.08. The summed E-state index contributed by atoms with van der Waals surface area (Å²) in [6, 6.07) is 7.93. The van der Waals surface area contributed by atoms with Gasteiger partial charge in [0.05, 0.1) is 0 Å². The van der Waals surface area contributed by atoms with Gasteiger partial charge in [-0.1, -0.05) is 23.5 Å². The summed E-state index contributed by atoms with van der Waals surface area (Å²) in [6.07, 6.45) is 0.957. The van der Waals surface area contributed by atoms with Crippen molar-refractivity contribution in [1.82, 2.24) is 10.2 Å². The molecule has 3 N–H and O–H groups in total. The summed E-state index contributed by atoms with van der Waals surface area (Å²) >= 11 is 1.57. The molecule has 1 aromatic carbocycles. The Hall–Kier alpha value is -1.62. The van der Waals surface area contributed by atoms with Gasteiger partial charge in [0.15, 0.2) is 0 Å². The van der Waals surface area contributed by atoms with E-state index in [1.165, 1.54) is 5.56 Å². The molecule has 0 fully saturated rings. The smallest absolute Gasteiger partial charge is 0.205 e. The Kier molecular flexibility index (Phi) is 3.36. The van der Waals surface area contributed by atoms with E-state index in [1.807, 2.05) is 31.2 Å². The zero-order chi connectivity index (χ0) is 11.4. The summed E-state index contributed by atoms with van der Waals surface area (Å²) in [4.78, 5) is 0. The molecule has 2 aromatic rings. The lowest BCUT2D eigenvalue weighted by Gasteiger charge is -2.02. The van der Waals surface area contributed by atoms with E-state index in [4.69, 9.17) is 5.73 Å². The molecule has 0 bridgehead atoms. The minimum atomic E-state index is 0.802. The second-order valence-electron chi connectivity index (χ2n) is 3.54. The van der Waals surface area contributed by atoms with Crippen LogP contribution < -0.4 is 11.1 Å². The largest absolute Gasteiger partial charge is 0.399 e. The minimum absolute atomic E-state index is 0.802. The maximum absolute atomic E-state index is 5.62. The number of nitrogens with zero attached hydrogens (tertiary/aromatic N) is 2. The molecule has 0 atom stereocenters. The Morgan fingerprint density at radius 3 is 2.62 bits per heavy atom. The van der Waals surface area contributed by atoms with Gasteiger partial charge in [-0.25, -0.2) is 0 Å². The molecule has 5 heteroatoms. The van der Waals surface area contributed by atoms with Gasteiger partial charge < -0.3 is 11.1 Å². The fourth-order valence-corrected chi connectivity index (χ4v) is 1.98. The zero-order valence-electron chi connectivity index (χ0n) is 9.10. The van der Waals surface area contributed by atoms with Crippen LogP contribution in [0.25, 0.3) is 0 Å². The van der Waals surface area contributed by atoms with Crippen LogP contribution in [0.4, 0.5) is 10.8 Å². The molecular formula is C11H14N4S. The van der Waals surface area contributed by atoms with Gasteiger partial charge in [-0.05, 0) is 31.0 Å². The van der Waals surface area contributed by atoms with Crippen LogP contribution in [0.5, 0.6) is 0 Å². The molecule has 0 spiro atoms. The normalized spacial score (nSPS) is 10.3. The van der Waals surface area contributed by atoms with E-state index in [1.54, 1.807) is 11.3 Å². The first-order chi connectivity index (χ1) is 7.74. The van der Waals surface area contributed by atoms with Crippen molar-refractivity contribution in [3.05, 3.63) is 34.8 Å². The van der Waals surface area contributed by atoms with E-state index < -0.39 is 0 Å². The van der Waals surface area contributed by atoms with Crippen LogP contribution in [0.3, 0.4) is 0 Å². The summed E-state index contributed by atoms with van der Waals surface area (Å²) in [5.74, 6) is 0. The maximum Gasteiger partial charge on any atom is 0.205 e. The summed E-state index contributed by atoms with van der Waals surface area (Å²) in [7, 11) is 0. The molecule has 0 unspecified atom stereocenters. The van der Waals surface area contributed by atoms with Gasteiger partial charge in [0.25, 0.3) is 0 Å². The summed E-state index contributed by atoms with van der Waals surface area (Å²) < 4.78 is 0. The second-order valence-corrected chi connectivity index (χ2v) is 4.73. The van der Waals surface area contributed by atoms with Gasteiger partial charge >= 0.3 is 0 Å². The predicted molar refractivity (Wildman–Crippen MR) is 67.7 cm³/mol. The lowest BCUT2D eigenvalue weighted by Crippen LogP contribution is -2.04. The number of nitrogen functional groups attached to an aromatic ring is 1. The average Bonchev–Trinajstić information content (AvgIpc) is 2.67. The van der Waals surface area contributed by atoms with Crippen LogP contribution in [-0.4, -0.2) is 16.7 Å². The molecule has 16 heavy (non-hydrogen) atoms. The highest BCUT2D eigenvalue weighted by molar-refractivity contribution is 7.15. The number of nitrogens with two attached hydrogens (primary N) is 1. The molecule has 1 aromatic heterocycles. The number of hydrogen-bond acceptors (Lipinski definition) is 5. The van der Waals surface area contributed by atoms with Crippen molar-refractivity contribution in [2.24, 2.45) is 0 Å². The number of aromatic nitrogens is 2. The lowest BCUT2D eigenvalue weighted by molar-refractivity contribution is 0.986. The SMILES string of the molecule is Cc1nnc(NCCc2ccc(N)cc2)s1. The van der Waals surface area contributed by atoms with E-state index in [2.05, 4.69) is 15.5 Å². The number of aryl methyl sites for hydroxylation is 1. The van der Waals surface area contributed by atoms with E-state index in [-0.39, 0.29) is 0 Å². The van der Waals surface area contributed by atoms with Crippen molar-refractivity contribution in [2.45, 2.75) is 13.3 Å². The van der Waals surface area contributed by atoms with Crippen molar-refractivity contribution in [1.29, 1.82) is 0 Å². The number of anilines is 2. The van der Waals surface area contributed by atoms with E-state index in [0.717, 1.165) is 28.8 Å². The third kappa shape index (κ3) is 2.93. The van der Waals surface area contributed by atoms with Gasteiger partial charge in [0, 0.05) is 12.2 Å². The Balaban J connectivity index is 1.82. The van der Waals surface area contributed by atoms with E-state index >= 15 is 0 Å². The van der Waals surface area contributed by atoms with Crippen LogP contribution in [0.1, 0.15) is 10.6 Å². The second kappa shape index (κ2) is 4.94. The van der Waals surface area contributed by atoms with Gasteiger partial charge in [0.2, 0.25) is 5.13 Å². The van der Waals surface area contributed by atoms with E-state index in [9.17, 15) is 0 Å². The van der Waals surface area contributed by atoms with E-state index in [0.29, 0.717) is 0 Å². The molecular weight excluding hydrogens is 220 g/mol. The van der Waals surface area contributed by atoms with Crippen molar-refractivity contribution >= 4 is 22.2 Å². The molecule has 84 valence electrons. The molecule has 0 saturated heterocycles. The van der Waals surface area contributed by atoms with Gasteiger partial charge in [0.1, 0.15) is 5.01 Å². The highest BCUT2D eigenvalue weighted by atomic mass is 32.1. The monoisotopic (exact) mass is 234 g/mol. The molecule has 0 radical (unpaired) electrons. The Morgan fingerprint density at radius 1 is 1.25 bits per heavy atom. The average molecular weight is 234 g/mol. The Morgan fingerprint density at radius 2 is 2.00 bits per heavy atom. The third-order valence-corrected chi connectivity index (χ3v) is 2.99. The van der Waals surface area contributed by atoms with Crippen molar-refractivity contribution < 1.29 is 0 Å². The van der Waals surface area contributed by atoms with Gasteiger partial charge in [-0.3, -0.25) is 0 Å². The quantitative estimate of drug-likeness (QED) is 0.795. The van der Waals surface area contributed by atoms with Gasteiger partial charge in [-0.2, -0.15) is 0 Å². The molecule has 0 aliphatic heterocycles. The summed E-state index contributed by atoms with van der Waals surface area (Å²) in [5, 5.41) is 13.0. The summed E-state index contributed by atoms with van der Waals surface area (Å²) in [5.41, 5.74) is 7.69. The first kappa shape index (κ1) is 10.9. The molecule has 0 aliphatic rings. The zero-order valence-corrected chi connectivity index (χ0v) is 9.92. The lowest BCUT2D eigenvalue weighted by atomic mass is 10.1. The first-order valence-corrected chi connectivity index (χ1v) is 5.94. The van der Waals surface area contributed by atoms with Crippen molar-refractivity contribution in [2.75, 3.05) is 17.6 Å². The fraction of sp³-hybridized carbons (Fsp3) is 0.273. The third-order valence-electron chi connectivity index (χ3n) is 2.20.